The van der Waals surface area contributed by atoms with Crippen LogP contribution in [0.5, 0.6) is 5.75 Å². The maximum Gasteiger partial charge on any atom is 0.266 e. The molecule has 3 heterocycles. The molecule has 3 N–H and O–H groups in total. The normalized spacial score (nSPS) is 16.8. The van der Waals surface area contributed by atoms with Crippen LogP contribution in [0.1, 0.15) is 10.5 Å². The van der Waals surface area contributed by atoms with Crippen LogP contribution in [0, 0.1) is 0 Å². The number of nitrogens with two attached hydrogens (primary N) is 1. The van der Waals surface area contributed by atoms with Gasteiger partial charge in [0, 0.05) is 52.5 Å². The van der Waals surface area contributed by atoms with Crippen molar-refractivity contribution in [1.82, 2.24) is 19.3 Å². The van der Waals surface area contributed by atoms with Crippen LogP contribution in [0.3, 0.4) is 0 Å². The van der Waals surface area contributed by atoms with E-state index in [1.807, 2.05) is 24.3 Å². The van der Waals surface area contributed by atoms with Crippen LogP contribution < -0.4 is 10.5 Å². The van der Waals surface area contributed by atoms with Gasteiger partial charge in [0.15, 0.2) is 0 Å². The monoisotopic (exact) mass is 527 g/mol. The van der Waals surface area contributed by atoms with E-state index in [4.69, 9.17) is 26.8 Å². The van der Waals surface area contributed by atoms with Crippen molar-refractivity contribution >= 4 is 38.4 Å². The number of para-hydroxylation sites is 1. The van der Waals surface area contributed by atoms with Gasteiger partial charge in [-0.05, 0) is 24.3 Å². The van der Waals surface area contributed by atoms with Crippen LogP contribution in [0.2, 0.25) is 5.02 Å². The summed E-state index contributed by atoms with van der Waals surface area (Å²) in [4.78, 5) is 22.8. The summed E-state index contributed by atoms with van der Waals surface area (Å²) in [6.07, 6.45) is 4.28. The molecule has 4 aromatic rings. The Morgan fingerprint density at radius 1 is 1.22 bits per heavy atom. The van der Waals surface area contributed by atoms with Crippen molar-refractivity contribution in [3.63, 3.8) is 0 Å². The van der Waals surface area contributed by atoms with Crippen LogP contribution in [0.15, 0.2) is 66.1 Å². The van der Waals surface area contributed by atoms with Crippen LogP contribution in [0.25, 0.3) is 22.0 Å². The third-order valence-electron chi connectivity index (χ3n) is 5.84. The number of nitrogens with zero attached hydrogens (tertiary/aromatic N) is 3. The molecule has 36 heavy (non-hydrogen) atoms. The van der Waals surface area contributed by atoms with Gasteiger partial charge < -0.3 is 20.2 Å². The number of morpholine rings is 1. The second kappa shape index (κ2) is 9.86. The molecule has 10 nitrogen and oxygen atoms in total. The fourth-order valence-corrected chi connectivity index (χ4v) is 6.14. The fraction of sp³-hybridized carbons (Fsp3) is 0.208. The van der Waals surface area contributed by atoms with Crippen molar-refractivity contribution in [1.29, 1.82) is 0 Å². The summed E-state index contributed by atoms with van der Waals surface area (Å²) in [6.45, 7) is 0.419. The highest BCUT2D eigenvalue weighted by molar-refractivity contribution is 7.89. The lowest BCUT2D eigenvalue weighted by Gasteiger charge is -2.32. The van der Waals surface area contributed by atoms with E-state index in [9.17, 15) is 13.2 Å². The predicted octanol–water partition coefficient (Wildman–Crippen LogP) is 2.85. The number of H-pyrrole nitrogens is 1. The highest BCUT2D eigenvalue weighted by atomic mass is 35.5. The number of carbonyl (C=O) groups excluding carboxylic acids is 1. The first-order chi connectivity index (χ1) is 17.3. The molecule has 1 fully saturated rings. The van der Waals surface area contributed by atoms with Crippen molar-refractivity contribution in [2.24, 2.45) is 5.73 Å². The predicted molar refractivity (Wildman–Crippen MR) is 133 cm³/mol. The number of hydrogen-bond donors (Lipinski definition) is 2. The maximum atomic E-state index is 13.7. The van der Waals surface area contributed by atoms with Crippen LogP contribution in [-0.2, 0) is 14.8 Å². The summed E-state index contributed by atoms with van der Waals surface area (Å²) in [5.41, 5.74) is 7.36. The summed E-state index contributed by atoms with van der Waals surface area (Å²) in [5.74, 6) is -0.284. The van der Waals surface area contributed by atoms with Gasteiger partial charge in [-0.25, -0.2) is 18.4 Å². The Morgan fingerprint density at radius 2 is 2.00 bits per heavy atom. The number of rotatable bonds is 7. The van der Waals surface area contributed by atoms with E-state index in [2.05, 4.69) is 15.0 Å². The van der Waals surface area contributed by atoms with E-state index in [1.54, 1.807) is 24.5 Å². The molecule has 2 aromatic heterocycles. The second-order valence-corrected chi connectivity index (χ2v) is 10.5. The number of ether oxygens (including phenoxy) is 2. The van der Waals surface area contributed by atoms with E-state index in [-0.39, 0.29) is 36.9 Å². The molecular weight excluding hydrogens is 506 g/mol. The number of primary amides is 1. The first-order valence-corrected chi connectivity index (χ1v) is 12.9. The Morgan fingerprint density at radius 3 is 2.78 bits per heavy atom. The Bertz CT molecular complexity index is 1530. The molecule has 1 aliphatic heterocycles. The summed E-state index contributed by atoms with van der Waals surface area (Å²) in [7, 11) is -4.11. The van der Waals surface area contributed by atoms with Gasteiger partial charge in [-0.2, -0.15) is 4.31 Å². The minimum Gasteiger partial charge on any atom is -0.490 e. The Kier molecular flexibility index (Phi) is 6.63. The molecule has 0 radical (unpaired) electrons. The lowest BCUT2D eigenvalue weighted by molar-refractivity contribution is -0.0248. The van der Waals surface area contributed by atoms with Crippen LogP contribution in [0.4, 0.5) is 0 Å². The summed E-state index contributed by atoms with van der Waals surface area (Å²) >= 11 is 6.11. The number of carbonyl (C=O) groups is 1. The average molecular weight is 528 g/mol. The smallest absolute Gasteiger partial charge is 0.266 e. The number of hydrogen-bond acceptors (Lipinski definition) is 7. The van der Waals surface area contributed by atoms with Gasteiger partial charge >= 0.3 is 0 Å². The summed E-state index contributed by atoms with van der Waals surface area (Å²) < 4.78 is 40.5. The summed E-state index contributed by atoms with van der Waals surface area (Å²) in [5, 5.41) is 0.638. The number of amides is 1. The first kappa shape index (κ1) is 24.2. The largest absolute Gasteiger partial charge is 0.490 e. The first-order valence-electron chi connectivity index (χ1n) is 11.0. The van der Waals surface area contributed by atoms with E-state index in [1.165, 1.54) is 16.7 Å². The zero-order valence-electron chi connectivity index (χ0n) is 18.9. The number of halogens is 1. The minimum absolute atomic E-state index is 0.0321. The molecule has 1 aliphatic rings. The van der Waals surface area contributed by atoms with Crippen LogP contribution >= 0.6 is 11.6 Å². The molecule has 0 spiro atoms. The second-order valence-electron chi connectivity index (χ2n) is 8.17. The molecule has 2 aromatic carbocycles. The Balaban J connectivity index is 1.38. The van der Waals surface area contributed by atoms with Crippen molar-refractivity contribution in [2.75, 3.05) is 26.3 Å². The molecule has 1 atom stereocenters. The molecule has 1 amide bonds. The molecule has 186 valence electrons. The van der Waals surface area contributed by atoms with Gasteiger partial charge in [0.25, 0.3) is 5.91 Å². The number of aromatic amines is 1. The molecule has 12 heteroatoms. The van der Waals surface area contributed by atoms with Gasteiger partial charge in [-0.1, -0.05) is 29.8 Å². The van der Waals surface area contributed by atoms with E-state index < -0.39 is 22.0 Å². The number of aromatic nitrogens is 3. The number of sulfonamides is 1. The third kappa shape index (κ3) is 4.65. The van der Waals surface area contributed by atoms with E-state index >= 15 is 0 Å². The topological polar surface area (TPSA) is 140 Å². The third-order valence-corrected chi connectivity index (χ3v) is 8.03. The SMILES string of the molecule is NC(=O)c1[nH]c2ccc(Cl)cc2c1S(=O)(=O)N1CCO[C@H](COc2ccccc2-c2cncnc2)C1. The standard InChI is InChI=1S/C24H22ClN5O5S/c25-16-5-6-20-19(9-16)23(22(29-20)24(26)31)36(32,33)30-7-8-34-17(12-30)13-35-21-4-2-1-3-18(21)15-10-27-14-28-11-15/h1-6,9-11,14,17,29H,7-8,12-13H2,(H2,26,31)/t17-/m0/s1. The van der Waals surface area contributed by atoms with Crippen molar-refractivity contribution in [3.05, 3.63) is 71.9 Å². The van der Waals surface area contributed by atoms with E-state index in [0.717, 1.165) is 11.1 Å². The van der Waals surface area contributed by atoms with Gasteiger partial charge in [0.05, 0.1) is 6.61 Å². The Labute approximate surface area is 212 Å². The lowest BCUT2D eigenvalue weighted by atomic mass is 10.1. The number of fused-ring (bicyclic) bond motifs is 1. The average Bonchev–Trinajstić information content (AvgIpc) is 3.28. The molecule has 0 unspecified atom stereocenters. The van der Waals surface area contributed by atoms with Gasteiger partial charge in [-0.3, -0.25) is 4.79 Å². The molecule has 1 saturated heterocycles. The van der Waals surface area contributed by atoms with E-state index in [0.29, 0.717) is 21.7 Å². The van der Waals surface area contributed by atoms with Crippen molar-refractivity contribution in [3.8, 4) is 16.9 Å². The minimum atomic E-state index is -4.11. The molecule has 5 rings (SSSR count). The number of nitrogens with one attached hydrogen (secondary N) is 1. The molecule has 0 aliphatic carbocycles. The Hall–Kier alpha value is -3.51. The molecule has 0 bridgehead atoms. The van der Waals surface area contributed by atoms with Crippen molar-refractivity contribution in [2.45, 2.75) is 11.0 Å². The van der Waals surface area contributed by atoms with Crippen molar-refractivity contribution < 1.29 is 22.7 Å². The van der Waals surface area contributed by atoms with Gasteiger partial charge in [0.1, 0.15) is 35.4 Å². The zero-order chi connectivity index (χ0) is 25.3. The summed E-state index contributed by atoms with van der Waals surface area (Å²) in [6, 6.07) is 12.1. The van der Waals surface area contributed by atoms with Crippen LogP contribution in [-0.4, -0.2) is 66.0 Å². The van der Waals surface area contributed by atoms with Gasteiger partial charge in [0.2, 0.25) is 10.0 Å². The molecular formula is C24H22ClN5O5S. The highest BCUT2D eigenvalue weighted by Crippen LogP contribution is 2.33. The zero-order valence-corrected chi connectivity index (χ0v) is 20.5. The number of benzene rings is 2. The van der Waals surface area contributed by atoms with Gasteiger partial charge in [-0.15, -0.1) is 0 Å². The fourth-order valence-electron chi connectivity index (χ4n) is 4.17. The molecule has 0 saturated carbocycles. The quantitative estimate of drug-likeness (QED) is 0.376. The maximum absolute atomic E-state index is 13.7. The highest BCUT2D eigenvalue weighted by Gasteiger charge is 2.36. The lowest BCUT2D eigenvalue weighted by Crippen LogP contribution is -2.47.